The van der Waals surface area contributed by atoms with Gasteiger partial charge in [-0.05, 0) is 30.4 Å². The first-order valence-corrected chi connectivity index (χ1v) is 11.3. The van der Waals surface area contributed by atoms with Crippen molar-refractivity contribution in [2.45, 2.75) is 50.0 Å². The molecule has 0 spiro atoms. The molecule has 3 atom stereocenters. The predicted octanol–water partition coefficient (Wildman–Crippen LogP) is 2.53. The Bertz CT molecular complexity index is 1170. The molecule has 1 aliphatic heterocycles. The first kappa shape index (κ1) is 22.1. The van der Waals surface area contributed by atoms with Crippen LogP contribution in [-0.4, -0.2) is 55.2 Å². The minimum atomic E-state index is -1.32. The van der Waals surface area contributed by atoms with Gasteiger partial charge in [-0.1, -0.05) is 36.4 Å². The smallest absolute Gasteiger partial charge is 0.243 e. The van der Waals surface area contributed by atoms with Crippen molar-refractivity contribution in [3.63, 3.8) is 0 Å². The first-order valence-electron chi connectivity index (χ1n) is 11.3. The molecule has 2 aromatic heterocycles. The van der Waals surface area contributed by atoms with Crippen LogP contribution in [0.3, 0.4) is 0 Å². The minimum Gasteiger partial charge on any atom is -0.342 e. The summed E-state index contributed by atoms with van der Waals surface area (Å²) in [5.74, 6) is -1.25. The summed E-state index contributed by atoms with van der Waals surface area (Å²) in [5, 5.41) is 10.2. The number of benzene rings is 1. The van der Waals surface area contributed by atoms with E-state index in [1.165, 1.54) is 22.1 Å². The lowest BCUT2D eigenvalue weighted by molar-refractivity contribution is -0.139. The fourth-order valence-electron chi connectivity index (χ4n) is 4.39. The lowest BCUT2D eigenvalue weighted by atomic mass is 10.0. The van der Waals surface area contributed by atoms with E-state index in [0.717, 1.165) is 12.8 Å². The lowest BCUT2D eigenvalue weighted by Gasteiger charge is -2.26. The number of alkyl halides is 1. The number of carbonyl (C=O) groups is 2. The van der Waals surface area contributed by atoms with E-state index in [4.69, 9.17) is 0 Å². The number of hydrogen-bond donors (Lipinski definition) is 1. The number of likely N-dealkylation sites (tertiary alicyclic amines) is 1. The van der Waals surface area contributed by atoms with Crippen molar-refractivity contribution < 1.29 is 18.4 Å². The summed E-state index contributed by atoms with van der Waals surface area (Å²) in [6.07, 6.45) is 3.23. The SMILES string of the molecule is O=C(N[C@@H](c1ccccc1)c1ccc(C2CC2)c(F)n1)[C@@H]1C[C@@H](F)CN1C(=O)Cn1cnnc1. The van der Waals surface area contributed by atoms with E-state index >= 15 is 0 Å². The molecule has 1 aromatic carbocycles. The van der Waals surface area contributed by atoms with Gasteiger partial charge in [0.2, 0.25) is 17.8 Å². The van der Waals surface area contributed by atoms with Gasteiger partial charge in [-0.3, -0.25) is 9.59 Å². The molecule has 1 saturated carbocycles. The van der Waals surface area contributed by atoms with Crippen LogP contribution in [0.4, 0.5) is 8.78 Å². The third kappa shape index (κ3) is 4.66. The second-order valence-electron chi connectivity index (χ2n) is 8.77. The Hall–Kier alpha value is -3.69. The van der Waals surface area contributed by atoms with Crippen molar-refractivity contribution >= 4 is 11.8 Å². The zero-order valence-electron chi connectivity index (χ0n) is 18.3. The van der Waals surface area contributed by atoms with E-state index < -0.39 is 36.0 Å². The van der Waals surface area contributed by atoms with Crippen LogP contribution in [0.5, 0.6) is 0 Å². The van der Waals surface area contributed by atoms with Crippen molar-refractivity contribution in [2.24, 2.45) is 0 Å². The monoisotopic (exact) mass is 466 g/mol. The normalized spacial score (nSPS) is 20.8. The van der Waals surface area contributed by atoms with E-state index in [9.17, 15) is 18.4 Å². The second kappa shape index (κ2) is 9.28. The van der Waals surface area contributed by atoms with E-state index in [1.54, 1.807) is 24.3 Å². The molecule has 1 N–H and O–H groups in total. The molecule has 5 rings (SSSR count). The fourth-order valence-corrected chi connectivity index (χ4v) is 4.39. The molecule has 3 heterocycles. The largest absolute Gasteiger partial charge is 0.342 e. The number of nitrogens with zero attached hydrogens (tertiary/aromatic N) is 5. The fraction of sp³-hybridized carbons (Fsp3) is 0.375. The average molecular weight is 466 g/mol. The highest BCUT2D eigenvalue weighted by Crippen LogP contribution is 2.41. The standard InChI is InChI=1S/C24H24F2N6O2/c25-17-10-20(32(11-17)21(33)12-31-13-27-28-14-31)24(34)30-22(16-4-2-1-3-5-16)19-9-8-18(15-6-7-15)23(26)29-19/h1-5,8-9,13-15,17,20,22H,6-7,10-12H2,(H,30,34)/t17-,20+,22+/m1/s1. The van der Waals surface area contributed by atoms with Gasteiger partial charge in [0.25, 0.3) is 0 Å². The molecule has 2 fully saturated rings. The molecule has 1 aliphatic carbocycles. The second-order valence-corrected chi connectivity index (χ2v) is 8.77. The Kier molecular flexibility index (Phi) is 6.04. The Morgan fingerprint density at radius 1 is 1.09 bits per heavy atom. The Labute approximate surface area is 195 Å². The topological polar surface area (TPSA) is 93.0 Å². The van der Waals surface area contributed by atoms with Crippen LogP contribution in [0.15, 0.2) is 55.1 Å². The summed E-state index contributed by atoms with van der Waals surface area (Å²) in [7, 11) is 0. The summed E-state index contributed by atoms with van der Waals surface area (Å²) in [4.78, 5) is 31.5. The van der Waals surface area contributed by atoms with Crippen LogP contribution in [0.1, 0.15) is 48.0 Å². The summed E-state index contributed by atoms with van der Waals surface area (Å²) < 4.78 is 30.5. The summed E-state index contributed by atoms with van der Waals surface area (Å²) in [5.41, 5.74) is 1.64. The maximum Gasteiger partial charge on any atom is 0.243 e. The molecule has 2 aliphatic rings. The van der Waals surface area contributed by atoms with Gasteiger partial charge in [0.1, 0.15) is 31.4 Å². The molecule has 3 aromatic rings. The molecule has 2 amide bonds. The third-order valence-corrected chi connectivity index (χ3v) is 6.29. The van der Waals surface area contributed by atoms with E-state index in [-0.39, 0.29) is 25.4 Å². The van der Waals surface area contributed by atoms with Crippen molar-refractivity contribution in [1.29, 1.82) is 0 Å². The van der Waals surface area contributed by atoms with Crippen molar-refractivity contribution in [1.82, 2.24) is 30.0 Å². The van der Waals surface area contributed by atoms with Gasteiger partial charge in [0.15, 0.2) is 0 Å². The Morgan fingerprint density at radius 2 is 1.82 bits per heavy atom. The summed E-state index contributed by atoms with van der Waals surface area (Å²) in [6, 6.07) is 10.8. The van der Waals surface area contributed by atoms with Gasteiger partial charge in [-0.15, -0.1) is 10.2 Å². The first-order chi connectivity index (χ1) is 16.5. The number of halogens is 2. The number of rotatable bonds is 7. The van der Waals surface area contributed by atoms with Gasteiger partial charge in [0, 0.05) is 12.0 Å². The molecule has 0 unspecified atom stereocenters. The van der Waals surface area contributed by atoms with Crippen LogP contribution in [0.25, 0.3) is 0 Å². The van der Waals surface area contributed by atoms with Crippen molar-refractivity contribution in [3.05, 3.63) is 77.9 Å². The van der Waals surface area contributed by atoms with Crippen molar-refractivity contribution in [2.75, 3.05) is 6.54 Å². The number of pyridine rings is 1. The quantitative estimate of drug-likeness (QED) is 0.541. The highest BCUT2D eigenvalue weighted by molar-refractivity contribution is 5.88. The molecule has 0 bridgehead atoms. The van der Waals surface area contributed by atoms with E-state index in [1.807, 2.05) is 18.2 Å². The molecular weight excluding hydrogens is 442 g/mol. The summed E-state index contributed by atoms with van der Waals surface area (Å²) in [6.45, 7) is -0.265. The third-order valence-electron chi connectivity index (χ3n) is 6.29. The highest BCUT2D eigenvalue weighted by atomic mass is 19.1. The average Bonchev–Trinajstić information content (AvgIpc) is 3.40. The van der Waals surface area contributed by atoms with Crippen LogP contribution in [0.2, 0.25) is 0 Å². The molecule has 1 saturated heterocycles. The van der Waals surface area contributed by atoms with Crippen LogP contribution in [-0.2, 0) is 16.1 Å². The van der Waals surface area contributed by atoms with E-state index in [0.29, 0.717) is 16.8 Å². The zero-order valence-corrected chi connectivity index (χ0v) is 18.3. The zero-order chi connectivity index (χ0) is 23.7. The lowest BCUT2D eigenvalue weighted by Crippen LogP contribution is -2.48. The molecule has 8 nitrogen and oxygen atoms in total. The maximum absolute atomic E-state index is 14.7. The molecule has 0 radical (unpaired) electrons. The van der Waals surface area contributed by atoms with Crippen LogP contribution < -0.4 is 5.32 Å². The molecule has 10 heteroatoms. The van der Waals surface area contributed by atoms with Gasteiger partial charge in [-0.2, -0.15) is 4.39 Å². The van der Waals surface area contributed by atoms with Gasteiger partial charge < -0.3 is 14.8 Å². The predicted molar refractivity (Wildman–Crippen MR) is 118 cm³/mol. The molecule has 34 heavy (non-hydrogen) atoms. The highest BCUT2D eigenvalue weighted by Gasteiger charge is 2.40. The Morgan fingerprint density at radius 3 is 2.50 bits per heavy atom. The number of amides is 2. The number of nitrogens with one attached hydrogen (secondary N) is 1. The maximum atomic E-state index is 14.7. The van der Waals surface area contributed by atoms with Crippen LogP contribution in [0, 0.1) is 5.95 Å². The van der Waals surface area contributed by atoms with Gasteiger partial charge in [-0.25, -0.2) is 9.37 Å². The van der Waals surface area contributed by atoms with E-state index in [2.05, 4.69) is 20.5 Å². The van der Waals surface area contributed by atoms with Crippen molar-refractivity contribution in [3.8, 4) is 0 Å². The molecule has 176 valence electrons. The minimum absolute atomic E-state index is 0.0962. The Balaban J connectivity index is 1.38. The van der Waals surface area contributed by atoms with Gasteiger partial charge >= 0.3 is 0 Å². The number of aromatic nitrogens is 4. The molecular formula is C24H24F2N6O2. The summed E-state index contributed by atoms with van der Waals surface area (Å²) >= 11 is 0. The number of hydrogen-bond acceptors (Lipinski definition) is 5. The van der Waals surface area contributed by atoms with Crippen LogP contribution >= 0.6 is 0 Å². The number of carbonyl (C=O) groups excluding carboxylic acids is 2. The van der Waals surface area contributed by atoms with Gasteiger partial charge in [0.05, 0.1) is 18.3 Å².